The summed E-state index contributed by atoms with van der Waals surface area (Å²) < 4.78 is 2.26. The zero-order valence-electron chi connectivity index (χ0n) is 14.2. The minimum Gasteiger partial charge on any atom is -0.364 e. The summed E-state index contributed by atoms with van der Waals surface area (Å²) in [5, 5.41) is 0. The molecule has 0 saturated heterocycles. The molecule has 1 amide bonds. The number of primary amides is 1. The van der Waals surface area contributed by atoms with Crippen molar-refractivity contribution in [3.05, 3.63) is 74.7 Å². The topological polar surface area (TPSA) is 107 Å². The van der Waals surface area contributed by atoms with Crippen LogP contribution >= 0.6 is 15.9 Å². The highest BCUT2D eigenvalue weighted by atomic mass is 79.9. The molecule has 8 heteroatoms. The largest absolute Gasteiger partial charge is 0.364 e. The Kier molecular flexibility index (Phi) is 4.12. The lowest BCUT2D eigenvalue weighted by Gasteiger charge is -2.07. The maximum atomic E-state index is 12.6. The van der Waals surface area contributed by atoms with Crippen LogP contribution in [0.4, 0.5) is 0 Å². The highest BCUT2D eigenvalue weighted by molar-refractivity contribution is 9.10. The van der Waals surface area contributed by atoms with Crippen molar-refractivity contribution < 1.29 is 4.79 Å². The Morgan fingerprint density at radius 3 is 2.63 bits per heavy atom. The van der Waals surface area contributed by atoms with Crippen LogP contribution in [0.15, 0.2) is 57.8 Å². The van der Waals surface area contributed by atoms with Gasteiger partial charge in [0.1, 0.15) is 5.52 Å². The zero-order valence-corrected chi connectivity index (χ0v) is 15.8. The fraction of sp³-hybridized carbons (Fsp3) is 0.0526. The molecule has 27 heavy (non-hydrogen) atoms. The number of amides is 1. The van der Waals surface area contributed by atoms with Gasteiger partial charge in [0.2, 0.25) is 0 Å². The van der Waals surface area contributed by atoms with E-state index in [0.29, 0.717) is 22.7 Å². The van der Waals surface area contributed by atoms with E-state index < -0.39 is 11.6 Å². The molecule has 0 bridgehead atoms. The van der Waals surface area contributed by atoms with E-state index >= 15 is 0 Å². The molecule has 4 rings (SSSR count). The van der Waals surface area contributed by atoms with Crippen molar-refractivity contribution in [1.82, 2.24) is 19.5 Å². The molecule has 0 unspecified atom stereocenters. The number of aromatic nitrogens is 4. The van der Waals surface area contributed by atoms with E-state index in [4.69, 9.17) is 5.73 Å². The van der Waals surface area contributed by atoms with Crippen LogP contribution in [0.1, 0.15) is 16.1 Å². The van der Waals surface area contributed by atoms with Crippen molar-refractivity contribution in [2.45, 2.75) is 6.92 Å². The van der Waals surface area contributed by atoms with Crippen LogP contribution in [-0.4, -0.2) is 25.4 Å². The second kappa shape index (κ2) is 6.48. The van der Waals surface area contributed by atoms with E-state index in [1.54, 1.807) is 6.07 Å². The van der Waals surface area contributed by atoms with Gasteiger partial charge in [-0.1, -0.05) is 40.2 Å². The van der Waals surface area contributed by atoms with Crippen molar-refractivity contribution >= 4 is 33.0 Å². The van der Waals surface area contributed by atoms with Gasteiger partial charge in [0.05, 0.1) is 5.69 Å². The van der Waals surface area contributed by atoms with Crippen molar-refractivity contribution in [1.29, 1.82) is 0 Å². The molecule has 2 aromatic carbocycles. The minimum absolute atomic E-state index is 0.0292. The number of hydrogen-bond acceptors (Lipinski definition) is 4. The van der Waals surface area contributed by atoms with Crippen LogP contribution in [0.3, 0.4) is 0 Å². The lowest BCUT2D eigenvalue weighted by Crippen LogP contribution is -2.15. The van der Waals surface area contributed by atoms with E-state index in [1.165, 1.54) is 4.57 Å². The average Bonchev–Trinajstić information content (AvgIpc) is 2.96. The zero-order chi connectivity index (χ0) is 19.1. The molecular weight excluding hydrogens is 410 g/mol. The third-order valence-corrected chi connectivity index (χ3v) is 4.61. The number of nitrogens with two attached hydrogens (primary N) is 1. The summed E-state index contributed by atoms with van der Waals surface area (Å²) in [6.07, 6.45) is 0. The molecule has 3 N–H and O–H groups in total. The number of H-pyrrole nitrogens is 1. The van der Waals surface area contributed by atoms with Crippen LogP contribution in [0, 0.1) is 6.92 Å². The van der Waals surface area contributed by atoms with E-state index in [9.17, 15) is 9.59 Å². The van der Waals surface area contributed by atoms with E-state index in [-0.39, 0.29) is 11.2 Å². The van der Waals surface area contributed by atoms with Gasteiger partial charge in [-0.3, -0.25) is 4.79 Å². The molecule has 0 atom stereocenters. The monoisotopic (exact) mass is 423 g/mol. The molecular formula is C19H14BrN5O2. The van der Waals surface area contributed by atoms with Gasteiger partial charge >= 0.3 is 5.69 Å². The lowest BCUT2D eigenvalue weighted by molar-refractivity contribution is 0.0997. The second-order valence-electron chi connectivity index (χ2n) is 6.07. The highest BCUT2D eigenvalue weighted by Gasteiger charge is 2.20. The first-order valence-corrected chi connectivity index (χ1v) is 8.89. The number of aromatic amines is 1. The van der Waals surface area contributed by atoms with Crippen molar-refractivity contribution in [3.8, 4) is 17.1 Å². The summed E-state index contributed by atoms with van der Waals surface area (Å²) in [6, 6.07) is 14.8. The van der Waals surface area contributed by atoms with Gasteiger partial charge in [-0.2, -0.15) is 0 Å². The number of benzene rings is 2. The molecule has 0 spiro atoms. The Labute approximate surface area is 162 Å². The fourth-order valence-electron chi connectivity index (χ4n) is 2.93. The number of halogens is 1. The average molecular weight is 424 g/mol. The van der Waals surface area contributed by atoms with Gasteiger partial charge in [0.15, 0.2) is 17.2 Å². The van der Waals surface area contributed by atoms with E-state index in [1.807, 2.05) is 49.4 Å². The number of carbonyl (C=O) groups is 1. The molecule has 2 heterocycles. The summed E-state index contributed by atoms with van der Waals surface area (Å²) >= 11 is 3.41. The van der Waals surface area contributed by atoms with Crippen molar-refractivity contribution in [3.63, 3.8) is 0 Å². The normalized spacial score (nSPS) is 11.0. The quantitative estimate of drug-likeness (QED) is 0.527. The molecule has 0 aliphatic heterocycles. The van der Waals surface area contributed by atoms with Crippen molar-refractivity contribution in [2.75, 3.05) is 0 Å². The maximum Gasteiger partial charge on any atom is 0.332 e. The summed E-state index contributed by atoms with van der Waals surface area (Å²) in [5.74, 6) is -0.436. The number of imidazole rings is 1. The molecule has 4 aromatic rings. The molecule has 0 saturated carbocycles. The molecule has 134 valence electrons. The first-order chi connectivity index (χ1) is 12.9. The number of hydrogen-bond donors (Lipinski definition) is 2. The van der Waals surface area contributed by atoms with Gasteiger partial charge in [0, 0.05) is 10.0 Å². The summed E-state index contributed by atoms with van der Waals surface area (Å²) in [7, 11) is 0. The second-order valence-corrected chi connectivity index (χ2v) is 6.99. The SMILES string of the molecule is Cc1cccc(-n2c(=O)[nH]c3c(C(N)=O)nc(-c4cccc(Br)c4)nc32)c1. The molecule has 7 nitrogen and oxygen atoms in total. The Bertz CT molecular complexity index is 1260. The predicted octanol–water partition coefficient (Wildman–Crippen LogP) is 2.95. The van der Waals surface area contributed by atoms with Crippen LogP contribution < -0.4 is 11.4 Å². The molecule has 0 radical (unpaired) electrons. The van der Waals surface area contributed by atoms with Crippen LogP contribution in [0.2, 0.25) is 0 Å². The number of fused-ring (bicyclic) bond motifs is 1. The Morgan fingerprint density at radius 1 is 1.15 bits per heavy atom. The van der Waals surface area contributed by atoms with Gasteiger partial charge in [-0.05, 0) is 36.8 Å². The summed E-state index contributed by atoms with van der Waals surface area (Å²) in [5.41, 5.74) is 7.90. The van der Waals surface area contributed by atoms with Crippen LogP contribution in [0.5, 0.6) is 0 Å². The molecule has 2 aromatic heterocycles. The first kappa shape index (κ1) is 17.2. The smallest absolute Gasteiger partial charge is 0.332 e. The fourth-order valence-corrected chi connectivity index (χ4v) is 3.33. The van der Waals surface area contributed by atoms with E-state index in [0.717, 1.165) is 10.0 Å². The number of aryl methyl sites for hydroxylation is 1. The standard InChI is InChI=1S/C19H14BrN5O2/c1-10-4-2-7-13(8-10)25-18-15(23-19(25)27)14(16(21)26)22-17(24-18)11-5-3-6-12(20)9-11/h2-9H,1H3,(H2,21,26)(H,23,27). The van der Waals surface area contributed by atoms with Gasteiger partial charge in [-0.15, -0.1) is 0 Å². The van der Waals surface area contributed by atoms with Crippen LogP contribution in [-0.2, 0) is 0 Å². The number of nitrogens with one attached hydrogen (secondary N) is 1. The maximum absolute atomic E-state index is 12.6. The molecule has 0 fully saturated rings. The van der Waals surface area contributed by atoms with Gasteiger partial charge in [0.25, 0.3) is 5.91 Å². The Morgan fingerprint density at radius 2 is 1.93 bits per heavy atom. The highest BCUT2D eigenvalue weighted by Crippen LogP contribution is 2.24. The summed E-state index contributed by atoms with van der Waals surface area (Å²) in [4.78, 5) is 36.1. The third kappa shape index (κ3) is 3.04. The van der Waals surface area contributed by atoms with Crippen molar-refractivity contribution in [2.24, 2.45) is 5.73 Å². The van der Waals surface area contributed by atoms with Crippen LogP contribution in [0.25, 0.3) is 28.2 Å². The molecule has 0 aliphatic rings. The summed E-state index contributed by atoms with van der Waals surface area (Å²) in [6.45, 7) is 1.93. The number of carbonyl (C=O) groups excluding carboxylic acids is 1. The number of rotatable bonds is 3. The van der Waals surface area contributed by atoms with E-state index in [2.05, 4.69) is 30.9 Å². The van der Waals surface area contributed by atoms with Gasteiger partial charge < -0.3 is 10.7 Å². The molecule has 0 aliphatic carbocycles. The predicted molar refractivity (Wildman–Crippen MR) is 106 cm³/mol. The lowest BCUT2D eigenvalue weighted by atomic mass is 10.2. The first-order valence-electron chi connectivity index (χ1n) is 8.09. The number of nitrogens with zero attached hydrogens (tertiary/aromatic N) is 3. The minimum atomic E-state index is -0.740. The Hall–Kier alpha value is -3.26. The third-order valence-electron chi connectivity index (χ3n) is 4.11. The van der Waals surface area contributed by atoms with Gasteiger partial charge in [-0.25, -0.2) is 19.3 Å². The Balaban J connectivity index is 2.08.